The fourth-order valence-corrected chi connectivity index (χ4v) is 5.62. The number of likely N-dealkylation sites (tertiary alicyclic amines) is 1. The quantitative estimate of drug-likeness (QED) is 0.520. The maximum Gasteiger partial charge on any atom is 0.228 e. The van der Waals surface area contributed by atoms with Gasteiger partial charge in [-0.05, 0) is 73.5 Å². The summed E-state index contributed by atoms with van der Waals surface area (Å²) in [7, 11) is 0. The van der Waals surface area contributed by atoms with Crippen LogP contribution in [0.25, 0.3) is 10.9 Å². The van der Waals surface area contributed by atoms with Gasteiger partial charge in [0.25, 0.3) is 0 Å². The Kier molecular flexibility index (Phi) is 6.72. The summed E-state index contributed by atoms with van der Waals surface area (Å²) >= 11 is 0. The molecule has 1 aliphatic heterocycles. The molecule has 5 nitrogen and oxygen atoms in total. The Hall–Kier alpha value is -2.73. The van der Waals surface area contributed by atoms with Crippen molar-refractivity contribution in [3.63, 3.8) is 0 Å². The van der Waals surface area contributed by atoms with E-state index in [2.05, 4.69) is 14.9 Å². The number of carbonyl (C=O) groups is 1. The Bertz CT molecular complexity index is 1080. The second-order valence-corrected chi connectivity index (χ2v) is 9.66. The first-order valence-electron chi connectivity index (χ1n) is 12.4. The second kappa shape index (κ2) is 10.0. The number of hydrogen-bond acceptors (Lipinski definition) is 3. The van der Waals surface area contributed by atoms with Crippen molar-refractivity contribution >= 4 is 22.6 Å². The largest absolute Gasteiger partial charge is 0.361 e. The maximum atomic E-state index is 13.5. The number of H-pyrrole nitrogens is 1. The van der Waals surface area contributed by atoms with Gasteiger partial charge >= 0.3 is 0 Å². The summed E-state index contributed by atoms with van der Waals surface area (Å²) in [6.45, 7) is 3.46. The van der Waals surface area contributed by atoms with E-state index in [1.807, 2.05) is 35.4 Å². The van der Waals surface area contributed by atoms with Gasteiger partial charge in [0.2, 0.25) is 5.91 Å². The Morgan fingerprint density at radius 1 is 1.15 bits per heavy atom. The molecule has 1 saturated heterocycles. The summed E-state index contributed by atoms with van der Waals surface area (Å²) in [5.74, 6) is 1.69. The number of aromatic amines is 1. The molecule has 0 bridgehead atoms. The number of halogens is 1. The summed E-state index contributed by atoms with van der Waals surface area (Å²) in [5.41, 5.74) is 2.13. The first-order chi connectivity index (χ1) is 16.2. The molecule has 1 N–H and O–H groups in total. The van der Waals surface area contributed by atoms with Crippen molar-refractivity contribution in [3.8, 4) is 0 Å². The first kappa shape index (κ1) is 22.1. The molecule has 174 valence electrons. The lowest BCUT2D eigenvalue weighted by Gasteiger charge is -2.28. The second-order valence-electron chi connectivity index (χ2n) is 9.66. The molecule has 0 radical (unpaired) electrons. The number of benzene rings is 1. The highest BCUT2D eigenvalue weighted by Gasteiger charge is 2.28. The van der Waals surface area contributed by atoms with Crippen molar-refractivity contribution in [2.75, 3.05) is 31.1 Å². The van der Waals surface area contributed by atoms with Crippen molar-refractivity contribution in [2.24, 2.45) is 5.92 Å². The van der Waals surface area contributed by atoms with Gasteiger partial charge in [0.15, 0.2) is 0 Å². The first-order valence-corrected chi connectivity index (χ1v) is 12.4. The molecule has 1 atom stereocenters. The third kappa shape index (κ3) is 5.11. The molecule has 5 rings (SSSR count). The van der Waals surface area contributed by atoms with Crippen LogP contribution in [0.15, 0.2) is 48.8 Å². The van der Waals surface area contributed by atoms with E-state index < -0.39 is 0 Å². The third-order valence-corrected chi connectivity index (χ3v) is 7.44. The molecule has 1 unspecified atom stereocenters. The number of nitrogens with zero attached hydrogens (tertiary/aromatic N) is 3. The minimum atomic E-state index is -0.212. The lowest BCUT2D eigenvalue weighted by atomic mass is 9.86. The fraction of sp³-hybridized carbons (Fsp3) is 0.481. The van der Waals surface area contributed by atoms with Crippen LogP contribution >= 0.6 is 0 Å². The minimum absolute atomic E-state index is 0.204. The molecule has 0 spiro atoms. The molecule has 2 aliphatic rings. The van der Waals surface area contributed by atoms with Gasteiger partial charge in [0, 0.05) is 49.4 Å². The lowest BCUT2D eigenvalue weighted by Crippen LogP contribution is -2.39. The molecular weight excluding hydrogens is 415 g/mol. The average Bonchev–Trinajstić information content (AvgIpc) is 3.47. The average molecular weight is 449 g/mol. The van der Waals surface area contributed by atoms with Crippen molar-refractivity contribution in [1.82, 2.24) is 14.9 Å². The zero-order chi connectivity index (χ0) is 22.6. The Balaban J connectivity index is 1.23. The van der Waals surface area contributed by atoms with E-state index in [1.165, 1.54) is 43.7 Å². The van der Waals surface area contributed by atoms with Crippen LogP contribution in [0, 0.1) is 11.7 Å². The zero-order valence-corrected chi connectivity index (χ0v) is 19.2. The third-order valence-electron chi connectivity index (χ3n) is 7.44. The summed E-state index contributed by atoms with van der Waals surface area (Å²) in [6, 6.07) is 10.8. The number of anilines is 1. The highest BCUT2D eigenvalue weighted by atomic mass is 19.1. The fourth-order valence-electron chi connectivity index (χ4n) is 5.62. The van der Waals surface area contributed by atoms with E-state index in [4.69, 9.17) is 0 Å². The smallest absolute Gasteiger partial charge is 0.228 e. The molecule has 6 heteroatoms. The molecule has 1 aliphatic carbocycles. The number of aromatic nitrogens is 2. The highest BCUT2D eigenvalue weighted by Crippen LogP contribution is 2.33. The molecule has 1 amide bonds. The SMILES string of the molecule is O=C(CC1CCCCC1)N(CCN1CCC(c2c[nH]c3cc(F)ccc23)C1)c1ccccn1. The predicted molar refractivity (Wildman–Crippen MR) is 130 cm³/mol. The van der Waals surface area contributed by atoms with Gasteiger partial charge < -0.3 is 9.88 Å². The van der Waals surface area contributed by atoms with Crippen molar-refractivity contribution in [1.29, 1.82) is 0 Å². The van der Waals surface area contributed by atoms with E-state index >= 15 is 0 Å². The molecule has 33 heavy (non-hydrogen) atoms. The van der Waals surface area contributed by atoms with Gasteiger partial charge in [-0.25, -0.2) is 9.37 Å². The topological polar surface area (TPSA) is 52.2 Å². The predicted octanol–water partition coefficient (Wildman–Crippen LogP) is 5.49. The van der Waals surface area contributed by atoms with E-state index in [9.17, 15) is 9.18 Å². The minimum Gasteiger partial charge on any atom is -0.361 e. The summed E-state index contributed by atoms with van der Waals surface area (Å²) in [6.07, 6.45) is 11.6. The molecule has 2 aromatic heterocycles. The highest BCUT2D eigenvalue weighted by molar-refractivity contribution is 5.92. The summed E-state index contributed by atoms with van der Waals surface area (Å²) < 4.78 is 13.5. The van der Waals surface area contributed by atoms with E-state index in [-0.39, 0.29) is 11.7 Å². The van der Waals surface area contributed by atoms with Crippen LogP contribution < -0.4 is 4.90 Å². The van der Waals surface area contributed by atoms with Crippen LogP contribution in [-0.2, 0) is 4.79 Å². The molecule has 3 heterocycles. The molecular formula is C27H33FN4O. The molecule has 3 aromatic rings. The van der Waals surface area contributed by atoms with E-state index in [0.29, 0.717) is 24.8 Å². The van der Waals surface area contributed by atoms with Crippen LogP contribution in [0.5, 0.6) is 0 Å². The molecule has 1 aromatic carbocycles. The van der Waals surface area contributed by atoms with Gasteiger partial charge in [-0.1, -0.05) is 25.3 Å². The Morgan fingerprint density at radius 2 is 2.03 bits per heavy atom. The van der Waals surface area contributed by atoms with Gasteiger partial charge in [0.1, 0.15) is 11.6 Å². The molecule has 2 fully saturated rings. The van der Waals surface area contributed by atoms with Crippen LogP contribution in [-0.4, -0.2) is 47.0 Å². The van der Waals surface area contributed by atoms with E-state index in [0.717, 1.165) is 42.8 Å². The number of fused-ring (bicyclic) bond motifs is 1. The van der Waals surface area contributed by atoms with Gasteiger partial charge in [-0.2, -0.15) is 0 Å². The van der Waals surface area contributed by atoms with Crippen molar-refractivity contribution < 1.29 is 9.18 Å². The number of pyridine rings is 1. The van der Waals surface area contributed by atoms with Gasteiger partial charge in [-0.3, -0.25) is 9.69 Å². The van der Waals surface area contributed by atoms with Crippen LogP contribution in [0.2, 0.25) is 0 Å². The number of carbonyl (C=O) groups excluding carboxylic acids is 1. The number of rotatable bonds is 7. The normalized spacial score (nSPS) is 19.8. The number of hydrogen-bond donors (Lipinski definition) is 1. The Labute approximate surface area is 195 Å². The number of nitrogens with one attached hydrogen (secondary N) is 1. The van der Waals surface area contributed by atoms with Gasteiger partial charge in [0.05, 0.1) is 0 Å². The van der Waals surface area contributed by atoms with E-state index in [1.54, 1.807) is 12.3 Å². The van der Waals surface area contributed by atoms with Crippen molar-refractivity contribution in [3.05, 3.63) is 60.2 Å². The van der Waals surface area contributed by atoms with Crippen LogP contribution in [0.1, 0.15) is 56.4 Å². The van der Waals surface area contributed by atoms with Gasteiger partial charge in [-0.15, -0.1) is 0 Å². The lowest BCUT2D eigenvalue weighted by molar-refractivity contribution is -0.119. The van der Waals surface area contributed by atoms with Crippen LogP contribution in [0.4, 0.5) is 10.2 Å². The summed E-state index contributed by atoms with van der Waals surface area (Å²) in [5, 5.41) is 1.11. The monoisotopic (exact) mass is 448 g/mol. The number of amides is 1. The standard InChI is InChI=1S/C27H33FN4O/c28-22-9-10-23-24(18-30-25(23)17-22)21-11-13-31(19-21)14-15-32(26-8-4-5-12-29-26)27(33)16-20-6-2-1-3-7-20/h4-5,8-10,12,17-18,20-21,30H,1-3,6-7,11,13-16,19H2. The molecule has 1 saturated carbocycles. The van der Waals surface area contributed by atoms with Crippen LogP contribution in [0.3, 0.4) is 0 Å². The maximum absolute atomic E-state index is 13.5. The zero-order valence-electron chi connectivity index (χ0n) is 19.2. The Morgan fingerprint density at radius 3 is 2.85 bits per heavy atom. The summed E-state index contributed by atoms with van der Waals surface area (Å²) in [4.78, 5) is 25.3. The van der Waals surface area contributed by atoms with Crippen molar-refractivity contribution in [2.45, 2.75) is 50.9 Å².